The van der Waals surface area contributed by atoms with Crippen molar-refractivity contribution in [1.29, 1.82) is 0 Å². The molecule has 0 fully saturated rings. The summed E-state index contributed by atoms with van der Waals surface area (Å²) in [5.41, 5.74) is 0.118. The largest absolute Gasteiger partial charge is 0.478 e. The van der Waals surface area contributed by atoms with Gasteiger partial charge in [-0.25, -0.2) is 19.2 Å². The van der Waals surface area contributed by atoms with Crippen LogP contribution in [0.3, 0.4) is 0 Å². The lowest BCUT2D eigenvalue weighted by Gasteiger charge is -2.16. The van der Waals surface area contributed by atoms with E-state index >= 15 is 0 Å². The molecule has 33 heavy (non-hydrogen) atoms. The molecule has 0 aliphatic carbocycles. The maximum Gasteiger partial charge on any atom is 0.339 e. The predicted molar refractivity (Wildman–Crippen MR) is 125 cm³/mol. The van der Waals surface area contributed by atoms with E-state index in [2.05, 4.69) is 19.6 Å². The average Bonchev–Trinajstić information content (AvgIpc) is 2.75. The molecular weight excluding hydrogens is 444 g/mol. The van der Waals surface area contributed by atoms with Crippen LogP contribution in [0.25, 0.3) is 11.1 Å². The van der Waals surface area contributed by atoms with Crippen molar-refractivity contribution in [3.63, 3.8) is 0 Å². The van der Waals surface area contributed by atoms with Crippen molar-refractivity contribution in [2.45, 2.75) is 39.0 Å². The number of rotatable bonds is 10. The number of esters is 2. The Labute approximate surface area is 193 Å². The molecule has 176 valence electrons. The quantitative estimate of drug-likeness (QED) is 0.372. The molecule has 0 saturated carbocycles. The monoisotopic (exact) mass is 472 g/mol. The molecule has 0 amide bonds. The van der Waals surface area contributed by atoms with Crippen molar-refractivity contribution in [1.82, 2.24) is 0 Å². The zero-order valence-corrected chi connectivity index (χ0v) is 20.1. The van der Waals surface area contributed by atoms with Gasteiger partial charge >= 0.3 is 23.9 Å². The van der Waals surface area contributed by atoms with Crippen LogP contribution in [-0.4, -0.2) is 55.4 Å². The first-order valence-electron chi connectivity index (χ1n) is 10.5. The van der Waals surface area contributed by atoms with Crippen LogP contribution in [0.2, 0.25) is 25.7 Å². The van der Waals surface area contributed by atoms with Gasteiger partial charge in [-0.05, 0) is 47.9 Å². The number of aromatic carboxylic acids is 2. The summed E-state index contributed by atoms with van der Waals surface area (Å²) in [6.07, 6.45) is 0.575. The molecule has 0 radical (unpaired) electrons. The van der Waals surface area contributed by atoms with Crippen molar-refractivity contribution in [3.05, 3.63) is 58.7 Å². The molecule has 2 aromatic carbocycles. The Morgan fingerprint density at radius 1 is 0.727 bits per heavy atom. The van der Waals surface area contributed by atoms with E-state index in [1.54, 1.807) is 0 Å². The normalized spacial score (nSPS) is 11.0. The number of carbonyl (C=O) groups is 4. The third kappa shape index (κ3) is 7.01. The van der Waals surface area contributed by atoms with E-state index in [1.165, 1.54) is 36.4 Å². The van der Waals surface area contributed by atoms with Gasteiger partial charge < -0.3 is 19.7 Å². The molecule has 8 nitrogen and oxygen atoms in total. The molecule has 0 spiro atoms. The van der Waals surface area contributed by atoms with E-state index in [9.17, 15) is 29.4 Å². The van der Waals surface area contributed by atoms with Crippen LogP contribution in [0.5, 0.6) is 0 Å². The van der Waals surface area contributed by atoms with Crippen molar-refractivity contribution >= 4 is 32.0 Å². The third-order valence-corrected chi connectivity index (χ3v) is 6.50. The van der Waals surface area contributed by atoms with Crippen LogP contribution in [-0.2, 0) is 9.47 Å². The molecular formula is C24H28O8Si. The van der Waals surface area contributed by atoms with Gasteiger partial charge in [-0.3, -0.25) is 0 Å². The van der Waals surface area contributed by atoms with Crippen molar-refractivity contribution in [2.24, 2.45) is 0 Å². The fourth-order valence-corrected chi connectivity index (χ4v) is 3.67. The third-order valence-electron chi connectivity index (χ3n) is 4.80. The number of benzene rings is 2. The molecule has 9 heteroatoms. The molecule has 0 saturated heterocycles. The minimum absolute atomic E-state index is 0.0773. The van der Waals surface area contributed by atoms with Gasteiger partial charge in [0.2, 0.25) is 0 Å². The average molecular weight is 473 g/mol. The van der Waals surface area contributed by atoms with E-state index in [0.717, 1.165) is 6.04 Å². The summed E-state index contributed by atoms with van der Waals surface area (Å²) >= 11 is 0. The Kier molecular flexibility index (Phi) is 8.53. The highest BCUT2D eigenvalue weighted by Crippen LogP contribution is 2.26. The molecule has 0 aliphatic rings. The van der Waals surface area contributed by atoms with E-state index in [1.807, 2.05) is 6.92 Å². The molecule has 0 aliphatic heterocycles. The second kappa shape index (κ2) is 10.9. The molecule has 0 aromatic heterocycles. The molecule has 0 atom stereocenters. The van der Waals surface area contributed by atoms with Gasteiger partial charge in [0, 0.05) is 8.07 Å². The lowest BCUT2D eigenvalue weighted by atomic mass is 9.96. The minimum atomic E-state index is -1.42. The van der Waals surface area contributed by atoms with Crippen molar-refractivity contribution < 1.29 is 38.9 Å². The fourth-order valence-electron chi connectivity index (χ4n) is 2.96. The zero-order chi connectivity index (χ0) is 24.8. The molecule has 0 unspecified atom stereocenters. The van der Waals surface area contributed by atoms with Crippen LogP contribution in [0.15, 0.2) is 36.4 Å². The minimum Gasteiger partial charge on any atom is -0.478 e. The molecule has 2 aromatic rings. The number of carboxylic acid groups (broad SMARTS) is 2. The number of carbonyl (C=O) groups excluding carboxylic acids is 2. The van der Waals surface area contributed by atoms with Crippen LogP contribution < -0.4 is 0 Å². The van der Waals surface area contributed by atoms with Gasteiger partial charge in [-0.2, -0.15) is 0 Å². The first-order chi connectivity index (χ1) is 15.4. The van der Waals surface area contributed by atoms with E-state index in [-0.39, 0.29) is 35.5 Å². The molecule has 2 rings (SSSR count). The van der Waals surface area contributed by atoms with Gasteiger partial charge in [0.15, 0.2) is 0 Å². The predicted octanol–water partition coefficient (Wildman–Crippen LogP) is 4.81. The summed E-state index contributed by atoms with van der Waals surface area (Å²) in [5.74, 6) is -4.09. The van der Waals surface area contributed by atoms with Crippen LogP contribution in [0.1, 0.15) is 54.8 Å². The summed E-state index contributed by atoms with van der Waals surface area (Å²) < 4.78 is 10.4. The molecule has 0 bridgehead atoms. The highest BCUT2D eigenvalue weighted by atomic mass is 28.3. The number of carboxylic acids is 2. The summed E-state index contributed by atoms with van der Waals surface area (Å²) in [5, 5.41) is 19.0. The molecule has 2 N–H and O–H groups in total. The highest BCUT2D eigenvalue weighted by molar-refractivity contribution is 6.76. The second-order valence-corrected chi connectivity index (χ2v) is 14.3. The van der Waals surface area contributed by atoms with Crippen molar-refractivity contribution in [2.75, 3.05) is 13.2 Å². The van der Waals surface area contributed by atoms with E-state index in [4.69, 9.17) is 9.47 Å². The van der Waals surface area contributed by atoms with E-state index < -0.39 is 32.0 Å². The fraction of sp³-hybridized carbons (Fsp3) is 0.333. The zero-order valence-electron chi connectivity index (χ0n) is 19.1. The van der Waals surface area contributed by atoms with Crippen LogP contribution in [0, 0.1) is 0 Å². The number of ether oxygens (including phenoxy) is 2. The van der Waals surface area contributed by atoms with E-state index in [0.29, 0.717) is 17.5 Å². The molecule has 0 heterocycles. The van der Waals surface area contributed by atoms with Crippen molar-refractivity contribution in [3.8, 4) is 11.1 Å². The number of hydrogen-bond donors (Lipinski definition) is 2. The summed E-state index contributed by atoms with van der Waals surface area (Å²) in [6, 6.07) is 9.01. The SMILES string of the molecule is CCCOC(=O)c1cc(-c2ccc(C(=O)OCC[Si](C)(C)C)c(C(=O)O)c2)ccc1C(=O)O. The van der Waals surface area contributed by atoms with Gasteiger partial charge in [0.05, 0.1) is 35.5 Å². The summed E-state index contributed by atoms with van der Waals surface area (Å²) in [6.45, 7) is 8.59. The highest BCUT2D eigenvalue weighted by Gasteiger charge is 2.22. The first-order valence-corrected chi connectivity index (χ1v) is 14.2. The maximum atomic E-state index is 12.5. The van der Waals surface area contributed by atoms with Gasteiger partial charge in [-0.1, -0.05) is 38.7 Å². The lowest BCUT2D eigenvalue weighted by molar-refractivity contribution is 0.0493. The Balaban J connectivity index is 2.42. The van der Waals surface area contributed by atoms with Gasteiger partial charge in [-0.15, -0.1) is 0 Å². The second-order valence-electron chi connectivity index (χ2n) is 8.71. The summed E-state index contributed by atoms with van der Waals surface area (Å²) in [7, 11) is -1.42. The topological polar surface area (TPSA) is 127 Å². The number of hydrogen-bond acceptors (Lipinski definition) is 6. The Morgan fingerprint density at radius 3 is 1.73 bits per heavy atom. The standard InChI is InChI=1S/C24H28O8Si/c1-5-10-31-24(30)20-14-16(6-8-17(20)21(25)26)15-7-9-18(19(13-15)22(27)28)23(29)32-11-12-33(2,3)4/h6-9,13-14H,5,10-12H2,1-4H3,(H,25,26)(H,27,28). The maximum absolute atomic E-state index is 12.5. The Bertz CT molecular complexity index is 1070. The first kappa shape index (κ1) is 25.8. The lowest BCUT2D eigenvalue weighted by Crippen LogP contribution is -2.23. The Hall–Kier alpha value is -3.46. The van der Waals surface area contributed by atoms with Crippen LogP contribution >= 0.6 is 0 Å². The smallest absolute Gasteiger partial charge is 0.339 e. The summed E-state index contributed by atoms with van der Waals surface area (Å²) in [4.78, 5) is 48.2. The van der Waals surface area contributed by atoms with Gasteiger partial charge in [0.25, 0.3) is 0 Å². The Morgan fingerprint density at radius 2 is 1.21 bits per heavy atom. The van der Waals surface area contributed by atoms with Crippen LogP contribution in [0.4, 0.5) is 0 Å². The van der Waals surface area contributed by atoms with Gasteiger partial charge in [0.1, 0.15) is 0 Å².